The van der Waals surface area contributed by atoms with Gasteiger partial charge in [0.15, 0.2) is 0 Å². The lowest BCUT2D eigenvalue weighted by Crippen LogP contribution is -2.34. The smallest absolute Gasteiger partial charge is 0.147 e. The predicted molar refractivity (Wildman–Crippen MR) is 59.7 cm³/mol. The van der Waals surface area contributed by atoms with E-state index in [-0.39, 0.29) is 0 Å². The molecule has 6 nitrogen and oxygen atoms in total. The third-order valence-electron chi connectivity index (χ3n) is 2.73. The Morgan fingerprint density at radius 3 is 2.88 bits per heavy atom. The first-order chi connectivity index (χ1) is 7.83. The van der Waals surface area contributed by atoms with Crippen LogP contribution >= 0.6 is 0 Å². The second kappa shape index (κ2) is 3.48. The summed E-state index contributed by atoms with van der Waals surface area (Å²) >= 11 is 0. The first-order valence-electron chi connectivity index (χ1n) is 5.15. The van der Waals surface area contributed by atoms with Crippen molar-refractivity contribution in [2.45, 2.75) is 13.1 Å². The van der Waals surface area contributed by atoms with Crippen molar-refractivity contribution in [1.82, 2.24) is 19.5 Å². The van der Waals surface area contributed by atoms with E-state index in [1.807, 2.05) is 12.4 Å². The van der Waals surface area contributed by atoms with E-state index in [0.29, 0.717) is 5.82 Å². The minimum absolute atomic E-state index is 0.447. The van der Waals surface area contributed by atoms with E-state index in [0.717, 1.165) is 31.3 Å². The van der Waals surface area contributed by atoms with Gasteiger partial charge in [-0.25, -0.2) is 15.0 Å². The molecule has 2 aromatic rings. The number of hydrogen-bond donors (Lipinski definition) is 1. The summed E-state index contributed by atoms with van der Waals surface area (Å²) < 4.78 is 2.15. The van der Waals surface area contributed by atoms with Crippen LogP contribution in [0.15, 0.2) is 24.8 Å². The van der Waals surface area contributed by atoms with Gasteiger partial charge in [0.2, 0.25) is 0 Å². The Hall–Kier alpha value is -2.11. The molecule has 16 heavy (non-hydrogen) atoms. The van der Waals surface area contributed by atoms with Crippen LogP contribution in [-0.2, 0) is 13.1 Å². The lowest BCUT2D eigenvalue weighted by molar-refractivity contribution is 0.555. The number of nitrogens with zero attached hydrogens (tertiary/aromatic N) is 5. The maximum atomic E-state index is 5.51. The molecule has 0 radical (unpaired) electrons. The predicted octanol–water partition coefficient (Wildman–Crippen LogP) is 0.275. The third-order valence-corrected chi connectivity index (χ3v) is 2.73. The monoisotopic (exact) mass is 216 g/mol. The molecular formula is C10H12N6. The topological polar surface area (TPSA) is 72.9 Å². The van der Waals surface area contributed by atoms with E-state index in [1.165, 1.54) is 0 Å². The molecule has 6 heteroatoms. The molecule has 0 spiro atoms. The number of anilines is 2. The van der Waals surface area contributed by atoms with Gasteiger partial charge in [-0.3, -0.25) is 0 Å². The maximum absolute atomic E-state index is 5.51. The van der Waals surface area contributed by atoms with Crippen molar-refractivity contribution < 1.29 is 0 Å². The Morgan fingerprint density at radius 1 is 1.12 bits per heavy atom. The SMILES string of the molecule is Nc1cnc(N2CCn3ccnc3C2)cn1. The van der Waals surface area contributed by atoms with Gasteiger partial charge in [0.25, 0.3) is 0 Å². The van der Waals surface area contributed by atoms with Gasteiger partial charge in [0.1, 0.15) is 17.5 Å². The van der Waals surface area contributed by atoms with Gasteiger partial charge < -0.3 is 15.2 Å². The number of fused-ring (bicyclic) bond motifs is 1. The quantitative estimate of drug-likeness (QED) is 0.741. The van der Waals surface area contributed by atoms with Crippen molar-refractivity contribution in [3.8, 4) is 0 Å². The maximum Gasteiger partial charge on any atom is 0.147 e. The standard InChI is InChI=1S/C10H12N6/c11-8-5-14-9(6-13-8)16-4-3-15-2-1-12-10(15)7-16/h1-2,5-6H,3-4,7H2,(H2,11,13). The van der Waals surface area contributed by atoms with Crippen LogP contribution in [0.3, 0.4) is 0 Å². The van der Waals surface area contributed by atoms with Gasteiger partial charge in [-0.2, -0.15) is 0 Å². The van der Waals surface area contributed by atoms with Gasteiger partial charge in [-0.15, -0.1) is 0 Å². The van der Waals surface area contributed by atoms with Crippen molar-refractivity contribution in [1.29, 1.82) is 0 Å². The lowest BCUT2D eigenvalue weighted by Gasteiger charge is -2.28. The normalized spacial score (nSPS) is 14.9. The summed E-state index contributed by atoms with van der Waals surface area (Å²) in [5, 5.41) is 0. The van der Waals surface area contributed by atoms with Crippen molar-refractivity contribution >= 4 is 11.6 Å². The molecule has 0 atom stereocenters. The Bertz CT molecular complexity index is 488. The van der Waals surface area contributed by atoms with Gasteiger partial charge >= 0.3 is 0 Å². The highest BCUT2D eigenvalue weighted by Gasteiger charge is 2.17. The zero-order valence-corrected chi connectivity index (χ0v) is 8.74. The fourth-order valence-electron chi connectivity index (χ4n) is 1.86. The van der Waals surface area contributed by atoms with Crippen LogP contribution in [0.4, 0.5) is 11.6 Å². The van der Waals surface area contributed by atoms with E-state index in [9.17, 15) is 0 Å². The zero-order chi connectivity index (χ0) is 11.0. The summed E-state index contributed by atoms with van der Waals surface area (Å²) in [6.45, 7) is 2.62. The Kier molecular flexibility index (Phi) is 1.99. The molecule has 2 aromatic heterocycles. The molecule has 0 amide bonds. The Morgan fingerprint density at radius 2 is 2.06 bits per heavy atom. The summed E-state index contributed by atoms with van der Waals surface area (Å²) in [6.07, 6.45) is 7.11. The largest absolute Gasteiger partial charge is 0.382 e. The summed E-state index contributed by atoms with van der Waals surface area (Å²) in [4.78, 5) is 14.8. The highest BCUT2D eigenvalue weighted by atomic mass is 15.3. The van der Waals surface area contributed by atoms with Crippen LogP contribution in [0.25, 0.3) is 0 Å². The minimum atomic E-state index is 0.447. The highest BCUT2D eigenvalue weighted by Crippen LogP contribution is 2.17. The number of rotatable bonds is 1. The molecule has 0 saturated carbocycles. The summed E-state index contributed by atoms with van der Waals surface area (Å²) in [6, 6.07) is 0. The van der Waals surface area contributed by atoms with Gasteiger partial charge in [0, 0.05) is 25.5 Å². The molecule has 3 rings (SSSR count). The van der Waals surface area contributed by atoms with Crippen LogP contribution in [0, 0.1) is 0 Å². The van der Waals surface area contributed by atoms with Crippen molar-refractivity contribution in [2.75, 3.05) is 17.2 Å². The molecule has 0 aromatic carbocycles. The Balaban J connectivity index is 1.86. The first-order valence-corrected chi connectivity index (χ1v) is 5.15. The molecule has 0 bridgehead atoms. The van der Waals surface area contributed by atoms with Gasteiger partial charge in [-0.05, 0) is 0 Å². The molecule has 1 aliphatic rings. The molecule has 2 N–H and O–H groups in total. The highest BCUT2D eigenvalue weighted by molar-refractivity contribution is 5.40. The van der Waals surface area contributed by atoms with Crippen molar-refractivity contribution in [3.05, 3.63) is 30.6 Å². The van der Waals surface area contributed by atoms with Crippen LogP contribution in [0.2, 0.25) is 0 Å². The lowest BCUT2D eigenvalue weighted by atomic mass is 10.3. The van der Waals surface area contributed by atoms with Crippen LogP contribution in [0.5, 0.6) is 0 Å². The Labute approximate surface area is 92.8 Å². The molecular weight excluding hydrogens is 204 g/mol. The van der Waals surface area contributed by atoms with E-state index >= 15 is 0 Å². The molecule has 0 fully saturated rings. The number of nitrogens with two attached hydrogens (primary N) is 1. The number of aromatic nitrogens is 4. The molecule has 0 aliphatic carbocycles. The van der Waals surface area contributed by atoms with Gasteiger partial charge in [0.05, 0.1) is 18.9 Å². The number of nitrogen functional groups attached to an aromatic ring is 1. The van der Waals surface area contributed by atoms with E-state index in [1.54, 1.807) is 12.4 Å². The number of imidazole rings is 1. The zero-order valence-electron chi connectivity index (χ0n) is 8.74. The molecule has 82 valence electrons. The van der Waals surface area contributed by atoms with Gasteiger partial charge in [-0.1, -0.05) is 0 Å². The first kappa shape index (κ1) is 9.14. The fourth-order valence-corrected chi connectivity index (χ4v) is 1.86. The molecule has 1 aliphatic heterocycles. The molecule has 0 unspecified atom stereocenters. The van der Waals surface area contributed by atoms with Crippen molar-refractivity contribution in [3.63, 3.8) is 0 Å². The average molecular weight is 216 g/mol. The van der Waals surface area contributed by atoms with Crippen molar-refractivity contribution in [2.24, 2.45) is 0 Å². The third kappa shape index (κ3) is 1.48. The van der Waals surface area contributed by atoms with Crippen LogP contribution < -0.4 is 10.6 Å². The number of hydrogen-bond acceptors (Lipinski definition) is 5. The minimum Gasteiger partial charge on any atom is -0.382 e. The molecule has 3 heterocycles. The average Bonchev–Trinajstić information content (AvgIpc) is 2.77. The fraction of sp³-hybridized carbons (Fsp3) is 0.300. The summed E-state index contributed by atoms with van der Waals surface area (Å²) in [5.74, 6) is 2.36. The summed E-state index contributed by atoms with van der Waals surface area (Å²) in [5.41, 5.74) is 5.51. The molecule has 0 saturated heterocycles. The summed E-state index contributed by atoms with van der Waals surface area (Å²) in [7, 11) is 0. The van der Waals surface area contributed by atoms with E-state index in [2.05, 4.69) is 24.4 Å². The van der Waals surface area contributed by atoms with Crippen LogP contribution in [0.1, 0.15) is 5.82 Å². The van der Waals surface area contributed by atoms with Crippen LogP contribution in [-0.4, -0.2) is 26.1 Å². The van der Waals surface area contributed by atoms with E-state index in [4.69, 9.17) is 5.73 Å². The van der Waals surface area contributed by atoms with E-state index < -0.39 is 0 Å². The second-order valence-electron chi connectivity index (χ2n) is 3.76. The second-order valence-corrected chi connectivity index (χ2v) is 3.76.